The molecular formula is C28H29N5O5S. The van der Waals surface area contributed by atoms with Crippen LogP contribution in [0.2, 0.25) is 0 Å². The number of methoxy groups -OCH3 is 4. The molecule has 0 radical (unpaired) electrons. The maximum Gasteiger partial charge on any atom is 0.250 e. The van der Waals surface area contributed by atoms with Crippen LogP contribution in [0.5, 0.6) is 23.0 Å². The lowest BCUT2D eigenvalue weighted by molar-refractivity contribution is -0.118. The first-order chi connectivity index (χ1) is 19.0. The minimum absolute atomic E-state index is 0.0764. The Morgan fingerprint density at radius 3 is 2.21 bits per heavy atom. The van der Waals surface area contributed by atoms with E-state index in [4.69, 9.17) is 18.9 Å². The second-order valence-electron chi connectivity index (χ2n) is 8.24. The van der Waals surface area contributed by atoms with Crippen molar-refractivity contribution in [2.75, 3.05) is 34.2 Å². The van der Waals surface area contributed by atoms with Crippen LogP contribution in [0.1, 0.15) is 11.1 Å². The molecule has 0 fully saturated rings. The number of aromatic nitrogens is 3. The monoisotopic (exact) mass is 547 g/mol. The van der Waals surface area contributed by atoms with Crippen LogP contribution in [0.4, 0.5) is 0 Å². The number of amides is 1. The Kier molecular flexibility index (Phi) is 9.06. The predicted octanol–water partition coefficient (Wildman–Crippen LogP) is 4.52. The highest BCUT2D eigenvalue weighted by atomic mass is 32.2. The highest BCUT2D eigenvalue weighted by molar-refractivity contribution is 7.99. The van der Waals surface area contributed by atoms with Gasteiger partial charge in [-0.15, -0.1) is 10.2 Å². The highest BCUT2D eigenvalue weighted by Gasteiger charge is 2.18. The van der Waals surface area contributed by atoms with Gasteiger partial charge in [0, 0.05) is 22.9 Å². The topological polar surface area (TPSA) is 109 Å². The Morgan fingerprint density at radius 1 is 0.897 bits per heavy atom. The van der Waals surface area contributed by atoms with Gasteiger partial charge in [-0.2, -0.15) is 5.10 Å². The molecule has 0 saturated heterocycles. The molecule has 0 aliphatic carbocycles. The van der Waals surface area contributed by atoms with Crippen molar-refractivity contribution in [3.8, 4) is 40.1 Å². The number of benzene rings is 3. The molecule has 0 aliphatic rings. The van der Waals surface area contributed by atoms with Crippen molar-refractivity contribution in [1.29, 1.82) is 0 Å². The standard InChI is InChI=1S/C28H29N5O5S/c1-18-6-10-21(11-7-18)33-27(19-8-12-22(35-2)13-9-19)31-32-28(33)39-17-26(34)30-29-16-20-14-24(37-4)25(38-5)15-23(20)36-3/h6-16H,17H2,1-5H3,(H,30,34)/b29-16+. The molecule has 1 amide bonds. The zero-order valence-electron chi connectivity index (χ0n) is 22.3. The quantitative estimate of drug-likeness (QED) is 0.166. The van der Waals surface area contributed by atoms with Crippen molar-refractivity contribution in [1.82, 2.24) is 20.2 Å². The van der Waals surface area contributed by atoms with Gasteiger partial charge in [-0.05, 0) is 49.4 Å². The molecule has 0 saturated carbocycles. The number of hydrogen-bond acceptors (Lipinski definition) is 9. The SMILES string of the molecule is COc1ccc(-c2nnc(SCC(=O)N/N=C/c3cc(OC)c(OC)cc3OC)n2-c2ccc(C)cc2)cc1. The molecule has 4 rings (SSSR count). The second kappa shape index (κ2) is 12.8. The Morgan fingerprint density at radius 2 is 1.56 bits per heavy atom. The lowest BCUT2D eigenvalue weighted by Gasteiger charge is -2.12. The van der Waals surface area contributed by atoms with Crippen LogP contribution in [0.15, 0.2) is 70.9 Å². The molecule has 0 spiro atoms. The third-order valence-corrected chi connectivity index (χ3v) is 6.66. The first-order valence-corrected chi connectivity index (χ1v) is 12.9. The molecular weight excluding hydrogens is 518 g/mol. The number of hydrazone groups is 1. The van der Waals surface area contributed by atoms with Gasteiger partial charge in [0.25, 0.3) is 5.91 Å². The zero-order valence-corrected chi connectivity index (χ0v) is 23.1. The molecule has 0 bridgehead atoms. The van der Waals surface area contributed by atoms with Crippen LogP contribution in [-0.4, -0.2) is 61.1 Å². The summed E-state index contributed by atoms with van der Waals surface area (Å²) in [5.74, 6) is 2.74. The van der Waals surface area contributed by atoms with E-state index < -0.39 is 0 Å². The zero-order chi connectivity index (χ0) is 27.8. The van der Waals surface area contributed by atoms with Crippen LogP contribution < -0.4 is 24.4 Å². The van der Waals surface area contributed by atoms with E-state index in [2.05, 4.69) is 20.7 Å². The summed E-state index contributed by atoms with van der Waals surface area (Å²) in [6.07, 6.45) is 1.49. The van der Waals surface area contributed by atoms with Crippen molar-refractivity contribution in [3.05, 3.63) is 71.8 Å². The first kappa shape index (κ1) is 27.5. The Labute approximate surface area is 231 Å². The fraction of sp³-hybridized carbons (Fsp3) is 0.214. The molecule has 0 aliphatic heterocycles. The van der Waals surface area contributed by atoms with Crippen LogP contribution in [0.3, 0.4) is 0 Å². The van der Waals surface area contributed by atoms with Crippen molar-refractivity contribution in [3.63, 3.8) is 0 Å². The number of rotatable bonds is 11. The van der Waals surface area contributed by atoms with Crippen molar-refractivity contribution in [2.24, 2.45) is 5.10 Å². The number of carbonyl (C=O) groups is 1. The summed E-state index contributed by atoms with van der Waals surface area (Å²) in [5, 5.41) is 13.5. The molecule has 39 heavy (non-hydrogen) atoms. The fourth-order valence-corrected chi connectivity index (χ4v) is 4.45. The van der Waals surface area contributed by atoms with E-state index in [9.17, 15) is 4.79 Å². The van der Waals surface area contributed by atoms with Gasteiger partial charge in [0.15, 0.2) is 22.5 Å². The molecule has 4 aromatic rings. The number of hydrogen-bond donors (Lipinski definition) is 1. The van der Waals surface area contributed by atoms with E-state index in [1.807, 2.05) is 60.0 Å². The lowest BCUT2D eigenvalue weighted by Crippen LogP contribution is -2.20. The highest BCUT2D eigenvalue weighted by Crippen LogP contribution is 2.34. The van der Waals surface area contributed by atoms with Gasteiger partial charge in [-0.25, -0.2) is 5.43 Å². The summed E-state index contributed by atoms with van der Waals surface area (Å²) < 4.78 is 23.2. The maximum atomic E-state index is 12.6. The van der Waals surface area contributed by atoms with Crippen molar-refractivity contribution in [2.45, 2.75) is 12.1 Å². The minimum atomic E-state index is -0.305. The van der Waals surface area contributed by atoms with Crippen molar-refractivity contribution < 1.29 is 23.7 Å². The van der Waals surface area contributed by atoms with E-state index >= 15 is 0 Å². The Balaban J connectivity index is 1.51. The maximum absolute atomic E-state index is 12.6. The van der Waals surface area contributed by atoms with Crippen LogP contribution >= 0.6 is 11.8 Å². The number of nitrogens with zero attached hydrogens (tertiary/aromatic N) is 4. The lowest BCUT2D eigenvalue weighted by atomic mass is 10.2. The Bertz CT molecular complexity index is 1450. The largest absolute Gasteiger partial charge is 0.497 e. The number of nitrogens with one attached hydrogen (secondary N) is 1. The predicted molar refractivity (Wildman–Crippen MR) is 151 cm³/mol. The molecule has 10 nitrogen and oxygen atoms in total. The number of thioether (sulfide) groups is 1. The van der Waals surface area contributed by atoms with Crippen LogP contribution in [0.25, 0.3) is 17.1 Å². The molecule has 0 atom stereocenters. The van der Waals surface area contributed by atoms with E-state index in [1.54, 1.807) is 33.5 Å². The van der Waals surface area contributed by atoms with Crippen molar-refractivity contribution >= 4 is 23.9 Å². The first-order valence-electron chi connectivity index (χ1n) is 11.9. The van der Waals surface area contributed by atoms with E-state index in [0.717, 1.165) is 22.6 Å². The van der Waals surface area contributed by atoms with Gasteiger partial charge in [0.1, 0.15) is 11.5 Å². The summed E-state index contributed by atoms with van der Waals surface area (Å²) in [5.41, 5.74) is 6.06. The number of ether oxygens (including phenoxy) is 4. The van der Waals surface area contributed by atoms with Crippen LogP contribution in [-0.2, 0) is 4.79 Å². The van der Waals surface area contributed by atoms with Gasteiger partial charge in [0.2, 0.25) is 0 Å². The van der Waals surface area contributed by atoms with Crippen LogP contribution in [0, 0.1) is 6.92 Å². The van der Waals surface area contributed by atoms with Gasteiger partial charge in [0.05, 0.1) is 40.4 Å². The number of carbonyl (C=O) groups excluding carboxylic acids is 1. The fourth-order valence-electron chi connectivity index (χ4n) is 3.71. The molecule has 11 heteroatoms. The van der Waals surface area contributed by atoms with Gasteiger partial charge in [-0.3, -0.25) is 9.36 Å². The third kappa shape index (κ3) is 6.50. The van der Waals surface area contributed by atoms with E-state index in [1.165, 1.54) is 25.1 Å². The summed E-state index contributed by atoms with van der Waals surface area (Å²) in [4.78, 5) is 12.6. The summed E-state index contributed by atoms with van der Waals surface area (Å²) in [6, 6.07) is 19.0. The average Bonchev–Trinajstić information content (AvgIpc) is 3.40. The molecule has 1 heterocycles. The Hall–Kier alpha value is -4.51. The summed E-state index contributed by atoms with van der Waals surface area (Å²) in [7, 11) is 6.25. The van der Waals surface area contributed by atoms with Gasteiger partial charge in [-0.1, -0.05) is 29.5 Å². The average molecular weight is 548 g/mol. The molecule has 3 aromatic carbocycles. The molecule has 1 aromatic heterocycles. The second-order valence-corrected chi connectivity index (χ2v) is 9.18. The van der Waals surface area contributed by atoms with Gasteiger partial charge >= 0.3 is 0 Å². The van der Waals surface area contributed by atoms with E-state index in [-0.39, 0.29) is 11.7 Å². The minimum Gasteiger partial charge on any atom is -0.497 e. The number of aryl methyl sites for hydroxylation is 1. The van der Waals surface area contributed by atoms with E-state index in [0.29, 0.717) is 33.8 Å². The smallest absolute Gasteiger partial charge is 0.250 e. The third-order valence-electron chi connectivity index (χ3n) is 5.73. The molecule has 1 N–H and O–H groups in total. The summed E-state index contributed by atoms with van der Waals surface area (Å²) >= 11 is 1.26. The molecule has 0 unspecified atom stereocenters. The summed E-state index contributed by atoms with van der Waals surface area (Å²) in [6.45, 7) is 2.03. The normalized spacial score (nSPS) is 10.9. The molecule has 202 valence electrons. The van der Waals surface area contributed by atoms with Gasteiger partial charge < -0.3 is 18.9 Å².